The fraction of sp³-hybridized carbons (Fsp3) is 0.500. The van der Waals surface area contributed by atoms with E-state index in [0.29, 0.717) is 19.7 Å². The van der Waals surface area contributed by atoms with Crippen LogP contribution in [0.2, 0.25) is 0 Å². The number of anilines is 1. The average Bonchev–Trinajstić information content (AvgIpc) is 2.31. The minimum atomic E-state index is 0.133. The Bertz CT molecular complexity index is 327. The Balaban J connectivity index is 2.70. The highest BCUT2D eigenvalue weighted by Gasteiger charge is 2.10. The van der Waals surface area contributed by atoms with Crippen molar-refractivity contribution in [3.63, 3.8) is 0 Å². The van der Waals surface area contributed by atoms with E-state index in [4.69, 9.17) is 15.6 Å². The van der Waals surface area contributed by atoms with Crippen LogP contribution in [0.15, 0.2) is 22.7 Å². The molecule has 3 N–H and O–H groups in total. The number of aliphatic hydroxyl groups is 1. The molecule has 17 heavy (non-hydrogen) atoms. The minimum absolute atomic E-state index is 0.133. The standard InChI is InChI=1S/C12H19BrN2O2/c1-17-8-6-15(5-7-16)9-10-11(13)3-2-4-12(10)14/h2-4,16H,5-9,14H2,1H3. The summed E-state index contributed by atoms with van der Waals surface area (Å²) in [7, 11) is 1.67. The van der Waals surface area contributed by atoms with Gasteiger partial charge in [-0.3, -0.25) is 4.90 Å². The number of rotatable bonds is 7. The van der Waals surface area contributed by atoms with Crippen LogP contribution >= 0.6 is 15.9 Å². The lowest BCUT2D eigenvalue weighted by Gasteiger charge is -2.22. The van der Waals surface area contributed by atoms with Crippen molar-refractivity contribution in [2.24, 2.45) is 0 Å². The highest BCUT2D eigenvalue weighted by molar-refractivity contribution is 9.10. The number of methoxy groups -OCH3 is 1. The van der Waals surface area contributed by atoms with Crippen molar-refractivity contribution in [2.75, 3.05) is 39.1 Å². The van der Waals surface area contributed by atoms with Crippen LogP contribution in [-0.2, 0) is 11.3 Å². The molecule has 0 fully saturated rings. The number of halogens is 1. The van der Waals surface area contributed by atoms with E-state index in [9.17, 15) is 0 Å². The number of hydrogen-bond acceptors (Lipinski definition) is 4. The number of aliphatic hydroxyl groups excluding tert-OH is 1. The van der Waals surface area contributed by atoms with Crippen molar-refractivity contribution < 1.29 is 9.84 Å². The van der Waals surface area contributed by atoms with E-state index in [1.165, 1.54) is 0 Å². The van der Waals surface area contributed by atoms with Gasteiger partial charge in [-0.05, 0) is 12.1 Å². The first-order chi connectivity index (χ1) is 8.19. The molecule has 0 unspecified atom stereocenters. The van der Waals surface area contributed by atoms with Gasteiger partial charge in [0.25, 0.3) is 0 Å². The lowest BCUT2D eigenvalue weighted by molar-refractivity contribution is 0.127. The van der Waals surface area contributed by atoms with Gasteiger partial charge in [-0.15, -0.1) is 0 Å². The monoisotopic (exact) mass is 302 g/mol. The van der Waals surface area contributed by atoms with Crippen molar-refractivity contribution >= 4 is 21.6 Å². The molecule has 1 rings (SSSR count). The Labute approximate surface area is 110 Å². The van der Waals surface area contributed by atoms with Crippen LogP contribution in [0.4, 0.5) is 5.69 Å². The average molecular weight is 303 g/mol. The molecule has 4 nitrogen and oxygen atoms in total. The van der Waals surface area contributed by atoms with Crippen LogP contribution in [0, 0.1) is 0 Å². The van der Waals surface area contributed by atoms with Gasteiger partial charge in [0.2, 0.25) is 0 Å². The van der Waals surface area contributed by atoms with Gasteiger partial charge in [0, 0.05) is 42.5 Å². The topological polar surface area (TPSA) is 58.7 Å². The second-order valence-corrected chi connectivity index (χ2v) is 4.65. The van der Waals surface area contributed by atoms with Gasteiger partial charge in [0.05, 0.1) is 13.2 Å². The molecule has 5 heteroatoms. The van der Waals surface area contributed by atoms with Crippen molar-refractivity contribution in [3.05, 3.63) is 28.2 Å². The minimum Gasteiger partial charge on any atom is -0.398 e. The third-order valence-corrected chi connectivity index (χ3v) is 3.31. The number of nitrogen functional groups attached to an aromatic ring is 1. The second-order valence-electron chi connectivity index (χ2n) is 3.80. The molecule has 0 radical (unpaired) electrons. The van der Waals surface area contributed by atoms with E-state index in [1.54, 1.807) is 7.11 Å². The zero-order valence-corrected chi connectivity index (χ0v) is 11.6. The van der Waals surface area contributed by atoms with Gasteiger partial charge < -0.3 is 15.6 Å². The van der Waals surface area contributed by atoms with Crippen LogP contribution in [-0.4, -0.2) is 43.4 Å². The van der Waals surface area contributed by atoms with Gasteiger partial charge in [-0.2, -0.15) is 0 Å². The highest BCUT2D eigenvalue weighted by Crippen LogP contribution is 2.23. The molecule has 0 saturated carbocycles. The molecule has 0 spiro atoms. The second kappa shape index (κ2) is 7.66. The van der Waals surface area contributed by atoms with Crippen molar-refractivity contribution in [1.82, 2.24) is 4.90 Å². The van der Waals surface area contributed by atoms with Gasteiger partial charge in [0.1, 0.15) is 0 Å². The molecule has 0 heterocycles. The Kier molecular flexibility index (Phi) is 6.50. The third-order valence-electron chi connectivity index (χ3n) is 2.56. The number of benzene rings is 1. The summed E-state index contributed by atoms with van der Waals surface area (Å²) >= 11 is 3.49. The summed E-state index contributed by atoms with van der Waals surface area (Å²) in [5.41, 5.74) is 7.76. The van der Waals surface area contributed by atoms with Crippen molar-refractivity contribution in [1.29, 1.82) is 0 Å². The molecule has 0 aliphatic heterocycles. The van der Waals surface area contributed by atoms with Gasteiger partial charge in [-0.1, -0.05) is 22.0 Å². The number of hydrogen-bond donors (Lipinski definition) is 2. The van der Waals surface area contributed by atoms with Gasteiger partial charge >= 0.3 is 0 Å². The van der Waals surface area contributed by atoms with Crippen molar-refractivity contribution in [3.8, 4) is 0 Å². The first-order valence-electron chi connectivity index (χ1n) is 5.54. The Morgan fingerprint density at radius 1 is 1.41 bits per heavy atom. The van der Waals surface area contributed by atoms with Crippen LogP contribution < -0.4 is 5.73 Å². The van der Waals surface area contributed by atoms with E-state index < -0.39 is 0 Å². The fourth-order valence-corrected chi connectivity index (χ4v) is 2.10. The normalized spacial score (nSPS) is 11.1. The summed E-state index contributed by atoms with van der Waals surface area (Å²) in [6.45, 7) is 2.87. The maximum atomic E-state index is 9.03. The highest BCUT2D eigenvalue weighted by atomic mass is 79.9. The molecule has 0 aliphatic rings. The Morgan fingerprint density at radius 3 is 2.76 bits per heavy atom. The molecule has 1 aromatic rings. The summed E-state index contributed by atoms with van der Waals surface area (Å²) in [5, 5.41) is 9.03. The van der Waals surface area contributed by atoms with E-state index in [2.05, 4.69) is 20.8 Å². The molecule has 0 bridgehead atoms. The summed E-state index contributed by atoms with van der Waals surface area (Å²) < 4.78 is 6.05. The predicted octanol–water partition coefficient (Wildman–Crippen LogP) is 1.47. The lowest BCUT2D eigenvalue weighted by atomic mass is 10.1. The van der Waals surface area contributed by atoms with Gasteiger partial charge in [0.15, 0.2) is 0 Å². The molecule has 0 amide bonds. The molecule has 0 aliphatic carbocycles. The Hall–Kier alpha value is -0.620. The van der Waals surface area contributed by atoms with Crippen LogP contribution in [0.3, 0.4) is 0 Å². The largest absolute Gasteiger partial charge is 0.398 e. The number of ether oxygens (including phenoxy) is 1. The molecule has 0 saturated heterocycles. The van der Waals surface area contributed by atoms with Gasteiger partial charge in [-0.25, -0.2) is 0 Å². The molecule has 1 aromatic carbocycles. The number of nitrogens with two attached hydrogens (primary N) is 1. The van der Waals surface area contributed by atoms with Crippen molar-refractivity contribution in [2.45, 2.75) is 6.54 Å². The first kappa shape index (κ1) is 14.4. The molecular weight excluding hydrogens is 284 g/mol. The molecule has 0 aromatic heterocycles. The summed E-state index contributed by atoms with van der Waals surface area (Å²) in [4.78, 5) is 2.11. The first-order valence-corrected chi connectivity index (χ1v) is 6.33. The predicted molar refractivity (Wildman–Crippen MR) is 72.8 cm³/mol. The molecule has 0 atom stereocenters. The molecule has 96 valence electrons. The van der Waals surface area contributed by atoms with E-state index in [1.807, 2.05) is 18.2 Å². The van der Waals surface area contributed by atoms with E-state index in [0.717, 1.165) is 22.3 Å². The Morgan fingerprint density at radius 2 is 2.18 bits per heavy atom. The zero-order valence-electron chi connectivity index (χ0n) is 10.0. The SMILES string of the molecule is COCCN(CCO)Cc1c(N)cccc1Br. The zero-order chi connectivity index (χ0) is 12.7. The van der Waals surface area contributed by atoms with Crippen LogP contribution in [0.5, 0.6) is 0 Å². The lowest BCUT2D eigenvalue weighted by Crippen LogP contribution is -2.30. The summed E-state index contributed by atoms with van der Waals surface area (Å²) in [6.07, 6.45) is 0. The number of nitrogens with zero attached hydrogens (tertiary/aromatic N) is 1. The quantitative estimate of drug-likeness (QED) is 0.749. The summed E-state index contributed by atoms with van der Waals surface area (Å²) in [6, 6.07) is 5.77. The smallest absolute Gasteiger partial charge is 0.0589 e. The summed E-state index contributed by atoms with van der Waals surface area (Å²) in [5.74, 6) is 0. The van der Waals surface area contributed by atoms with Crippen LogP contribution in [0.25, 0.3) is 0 Å². The molecular formula is C12H19BrN2O2. The van der Waals surface area contributed by atoms with Crippen LogP contribution in [0.1, 0.15) is 5.56 Å². The maximum Gasteiger partial charge on any atom is 0.0589 e. The fourth-order valence-electron chi connectivity index (χ4n) is 1.60. The maximum absolute atomic E-state index is 9.03. The van der Waals surface area contributed by atoms with E-state index >= 15 is 0 Å². The third kappa shape index (κ3) is 4.63. The van der Waals surface area contributed by atoms with E-state index in [-0.39, 0.29) is 6.61 Å².